The molecule has 7 aromatic rings. The van der Waals surface area contributed by atoms with Gasteiger partial charge in [-0.05, 0) is 73.5 Å². The number of hydrogen-bond acceptors (Lipinski definition) is 2. The lowest BCUT2D eigenvalue weighted by Crippen LogP contribution is -1.94. The third-order valence-electron chi connectivity index (χ3n) is 8.20. The van der Waals surface area contributed by atoms with Crippen LogP contribution >= 0.6 is 0 Å². The average Bonchev–Trinajstić information content (AvgIpc) is 3.51. The molecule has 2 aromatic heterocycles. The summed E-state index contributed by atoms with van der Waals surface area (Å²) in [5, 5.41) is 25.2. The highest BCUT2D eigenvalue weighted by molar-refractivity contribution is 6.10. The van der Waals surface area contributed by atoms with Crippen LogP contribution < -0.4 is 0 Å². The highest BCUT2D eigenvalue weighted by Gasteiger charge is 2.17. The zero-order chi connectivity index (χ0) is 27.4. The van der Waals surface area contributed by atoms with E-state index in [1.165, 1.54) is 32.8 Å². The summed E-state index contributed by atoms with van der Waals surface area (Å²) in [7, 11) is 0. The molecule has 0 spiro atoms. The molecule has 4 nitrogen and oxygen atoms in total. The van der Waals surface area contributed by atoms with Gasteiger partial charge in [0.1, 0.15) is 0 Å². The van der Waals surface area contributed by atoms with Gasteiger partial charge < -0.3 is 9.13 Å². The highest BCUT2D eigenvalue weighted by Crippen LogP contribution is 2.38. The van der Waals surface area contributed by atoms with Gasteiger partial charge in [0.2, 0.25) is 0 Å². The van der Waals surface area contributed by atoms with Crippen molar-refractivity contribution >= 4 is 43.6 Å². The molecular weight excluding hydrogens is 488 g/mol. The van der Waals surface area contributed by atoms with Gasteiger partial charge >= 0.3 is 0 Å². The normalized spacial score (nSPS) is 11.4. The number of fused-ring (bicyclic) bond motifs is 6. The molecule has 0 saturated carbocycles. The first-order valence-corrected chi connectivity index (χ1v) is 13.7. The molecule has 2 heterocycles. The van der Waals surface area contributed by atoms with Crippen molar-refractivity contribution in [2.75, 3.05) is 0 Å². The monoisotopic (exact) mass is 514 g/mol. The highest BCUT2D eigenvalue weighted by atomic mass is 15.0. The van der Waals surface area contributed by atoms with E-state index in [1.54, 1.807) is 0 Å². The van der Waals surface area contributed by atoms with Crippen LogP contribution in [-0.2, 0) is 13.1 Å². The lowest BCUT2D eigenvalue weighted by Gasteiger charge is -2.12. The second-order valence-electron chi connectivity index (χ2n) is 10.2. The van der Waals surface area contributed by atoms with Gasteiger partial charge in [0.15, 0.2) is 0 Å². The fourth-order valence-electron chi connectivity index (χ4n) is 6.39. The molecule has 0 atom stereocenters. The molecule has 0 saturated heterocycles. The third kappa shape index (κ3) is 3.37. The Hall–Kier alpha value is -5.32. The first-order valence-electron chi connectivity index (χ1n) is 13.7. The van der Waals surface area contributed by atoms with Crippen LogP contribution in [0.2, 0.25) is 0 Å². The van der Waals surface area contributed by atoms with Crippen LogP contribution in [0, 0.1) is 22.7 Å². The summed E-state index contributed by atoms with van der Waals surface area (Å²) in [6.45, 7) is 6.06. The van der Waals surface area contributed by atoms with E-state index in [2.05, 4.69) is 120 Å². The lowest BCUT2D eigenvalue weighted by atomic mass is 9.90. The molecule has 190 valence electrons. The molecule has 0 aliphatic carbocycles. The molecule has 5 aromatic carbocycles. The van der Waals surface area contributed by atoms with Crippen LogP contribution in [0.3, 0.4) is 0 Å². The van der Waals surface area contributed by atoms with E-state index in [1.807, 2.05) is 12.1 Å². The van der Waals surface area contributed by atoms with Gasteiger partial charge in [0, 0.05) is 67.8 Å². The molecule has 40 heavy (non-hydrogen) atoms. The first-order chi connectivity index (χ1) is 19.7. The van der Waals surface area contributed by atoms with Crippen LogP contribution in [0.15, 0.2) is 97.1 Å². The summed E-state index contributed by atoms with van der Waals surface area (Å²) in [6, 6.07) is 38.2. The minimum Gasteiger partial charge on any atom is -0.341 e. The van der Waals surface area contributed by atoms with Gasteiger partial charge in [0.05, 0.1) is 23.3 Å². The second-order valence-corrected chi connectivity index (χ2v) is 10.2. The zero-order valence-corrected chi connectivity index (χ0v) is 22.4. The average molecular weight is 515 g/mol. The van der Waals surface area contributed by atoms with E-state index in [9.17, 15) is 10.5 Å². The summed E-state index contributed by atoms with van der Waals surface area (Å²) in [6.07, 6.45) is 0. The molecule has 0 bridgehead atoms. The maximum atomic E-state index is 10.2. The van der Waals surface area contributed by atoms with Crippen LogP contribution in [0.1, 0.15) is 25.0 Å². The summed E-state index contributed by atoms with van der Waals surface area (Å²) < 4.78 is 4.63. The Morgan fingerprint density at radius 2 is 0.900 bits per heavy atom. The van der Waals surface area contributed by atoms with E-state index in [0.29, 0.717) is 11.1 Å². The van der Waals surface area contributed by atoms with E-state index < -0.39 is 0 Å². The van der Waals surface area contributed by atoms with Gasteiger partial charge in [-0.2, -0.15) is 10.5 Å². The molecule has 4 heteroatoms. The summed E-state index contributed by atoms with van der Waals surface area (Å²) >= 11 is 0. The lowest BCUT2D eigenvalue weighted by molar-refractivity contribution is 0.827. The van der Waals surface area contributed by atoms with Crippen molar-refractivity contribution in [2.24, 2.45) is 0 Å². The number of aryl methyl sites for hydroxylation is 2. The van der Waals surface area contributed by atoms with Crippen molar-refractivity contribution in [3.63, 3.8) is 0 Å². The van der Waals surface area contributed by atoms with E-state index in [0.717, 1.165) is 46.1 Å². The van der Waals surface area contributed by atoms with Gasteiger partial charge in [0.25, 0.3) is 0 Å². The molecule has 0 fully saturated rings. The predicted molar refractivity (Wildman–Crippen MR) is 164 cm³/mol. The Labute approximate surface area is 232 Å². The molecule has 7 rings (SSSR count). The number of rotatable bonds is 4. The van der Waals surface area contributed by atoms with Gasteiger partial charge in [-0.3, -0.25) is 0 Å². The zero-order valence-electron chi connectivity index (χ0n) is 22.4. The van der Waals surface area contributed by atoms with Crippen molar-refractivity contribution < 1.29 is 0 Å². The first kappa shape index (κ1) is 23.8. The fourth-order valence-corrected chi connectivity index (χ4v) is 6.39. The molecule has 0 N–H and O–H groups in total. The molecule has 0 aliphatic heterocycles. The third-order valence-corrected chi connectivity index (χ3v) is 8.20. The minimum absolute atomic E-state index is 0.559. The minimum atomic E-state index is 0.559. The largest absolute Gasteiger partial charge is 0.341 e. The fraction of sp³-hybridized carbons (Fsp3) is 0.111. The maximum absolute atomic E-state index is 10.2. The Morgan fingerprint density at radius 1 is 0.500 bits per heavy atom. The van der Waals surface area contributed by atoms with Crippen LogP contribution in [0.25, 0.3) is 65.9 Å². The number of benzene rings is 5. The predicted octanol–water partition coefficient (Wildman–Crippen LogP) is 9.02. The van der Waals surface area contributed by atoms with Crippen LogP contribution in [0.5, 0.6) is 0 Å². The standard InChI is InChI=1S/C36H26N4/c1-3-39-33-11-7-5-9-27(33)31-17-23(13-15-35(31)39)29-19-26(22-38)30(20-25(29)21-37)24-14-16-36-32(18-24)28-10-6-8-12-34(28)40(36)4-2/h5-20H,3-4H2,1-2H3. The molecule has 0 radical (unpaired) electrons. The van der Waals surface area contributed by atoms with Gasteiger partial charge in [-0.25, -0.2) is 0 Å². The molecule has 0 unspecified atom stereocenters. The van der Waals surface area contributed by atoms with Crippen molar-refractivity contribution in [2.45, 2.75) is 26.9 Å². The Morgan fingerprint density at radius 3 is 1.30 bits per heavy atom. The quantitative estimate of drug-likeness (QED) is 0.235. The number of nitriles is 2. The Kier molecular flexibility index (Phi) is 5.44. The summed E-state index contributed by atoms with van der Waals surface area (Å²) in [5.74, 6) is 0. The summed E-state index contributed by atoms with van der Waals surface area (Å²) in [5.41, 5.74) is 9.29. The second kappa shape index (κ2) is 9.16. The topological polar surface area (TPSA) is 57.4 Å². The van der Waals surface area contributed by atoms with E-state index >= 15 is 0 Å². The molecular formula is C36H26N4. The van der Waals surface area contributed by atoms with Gasteiger partial charge in [-0.15, -0.1) is 0 Å². The van der Waals surface area contributed by atoms with Crippen molar-refractivity contribution in [3.05, 3.63) is 108 Å². The summed E-state index contributed by atoms with van der Waals surface area (Å²) in [4.78, 5) is 0. The number of aromatic nitrogens is 2. The van der Waals surface area contributed by atoms with Crippen LogP contribution in [-0.4, -0.2) is 9.13 Å². The van der Waals surface area contributed by atoms with E-state index in [-0.39, 0.29) is 0 Å². The SMILES string of the molecule is CCn1c2ccccc2c2cc(-c3cc(C#N)c(-c4ccc5c(c4)c4ccccc4n5CC)cc3C#N)ccc21. The van der Waals surface area contributed by atoms with Crippen molar-refractivity contribution in [1.82, 2.24) is 9.13 Å². The Balaban J connectivity index is 1.43. The van der Waals surface area contributed by atoms with Crippen molar-refractivity contribution in [3.8, 4) is 34.4 Å². The van der Waals surface area contributed by atoms with Crippen LogP contribution in [0.4, 0.5) is 0 Å². The number of nitrogens with zero attached hydrogens (tertiary/aromatic N) is 4. The molecule has 0 amide bonds. The van der Waals surface area contributed by atoms with Gasteiger partial charge in [-0.1, -0.05) is 48.5 Å². The number of hydrogen-bond donors (Lipinski definition) is 0. The molecule has 0 aliphatic rings. The smallest absolute Gasteiger partial charge is 0.0998 e. The van der Waals surface area contributed by atoms with E-state index in [4.69, 9.17) is 0 Å². The maximum Gasteiger partial charge on any atom is 0.0998 e. The van der Waals surface area contributed by atoms with Crippen molar-refractivity contribution in [1.29, 1.82) is 10.5 Å². The Bertz CT molecular complexity index is 2050. The number of para-hydroxylation sites is 2.